The number of hydrogen-bond donors (Lipinski definition) is 0. The maximum atomic E-state index is 11.9. The van der Waals surface area contributed by atoms with Gasteiger partial charge in [0, 0.05) is 23.2 Å². The van der Waals surface area contributed by atoms with Gasteiger partial charge in [-0.2, -0.15) is 0 Å². The van der Waals surface area contributed by atoms with E-state index in [1.807, 2.05) is 48.8 Å². The highest BCUT2D eigenvalue weighted by Gasteiger charge is 2.06. The van der Waals surface area contributed by atoms with Crippen molar-refractivity contribution in [3.05, 3.63) is 68.9 Å². The lowest BCUT2D eigenvalue weighted by Crippen LogP contribution is -2.19. The van der Waals surface area contributed by atoms with E-state index in [2.05, 4.69) is 4.98 Å². The molecule has 3 aromatic rings. The van der Waals surface area contributed by atoms with Crippen molar-refractivity contribution >= 4 is 11.3 Å². The molecule has 0 spiro atoms. The lowest BCUT2D eigenvalue weighted by molar-refractivity contribution is 0.415. The molecule has 2 heterocycles. The number of thiazole rings is 1. The van der Waals surface area contributed by atoms with Crippen molar-refractivity contribution < 1.29 is 4.74 Å². The Bertz CT molecular complexity index is 834. The first-order chi connectivity index (χ1) is 10.7. The van der Waals surface area contributed by atoms with E-state index in [9.17, 15) is 4.79 Å². The Balaban J connectivity index is 1.82. The summed E-state index contributed by atoms with van der Waals surface area (Å²) in [6.45, 7) is 2.41. The molecule has 0 unspecified atom stereocenters. The summed E-state index contributed by atoms with van der Waals surface area (Å²) in [5, 5.41) is 2.92. The zero-order valence-electron chi connectivity index (χ0n) is 12.4. The minimum absolute atomic E-state index is 0.00111. The zero-order valence-corrected chi connectivity index (χ0v) is 13.3. The fraction of sp³-hybridized carbons (Fsp3) is 0.176. The van der Waals surface area contributed by atoms with E-state index in [0.29, 0.717) is 6.54 Å². The number of benzene rings is 1. The summed E-state index contributed by atoms with van der Waals surface area (Å²) in [6, 6.07) is 11.4. The average Bonchev–Trinajstić information content (AvgIpc) is 2.99. The first-order valence-electron chi connectivity index (χ1n) is 6.91. The van der Waals surface area contributed by atoms with Crippen molar-refractivity contribution in [3.63, 3.8) is 0 Å². The molecule has 112 valence electrons. The third-order valence-corrected chi connectivity index (χ3v) is 4.23. The minimum atomic E-state index is 0.00111. The van der Waals surface area contributed by atoms with Crippen molar-refractivity contribution in [1.29, 1.82) is 0 Å². The molecule has 2 aromatic heterocycles. The van der Waals surface area contributed by atoms with Crippen LogP contribution < -0.4 is 10.3 Å². The Morgan fingerprint density at radius 3 is 2.68 bits per heavy atom. The molecule has 0 saturated heterocycles. The van der Waals surface area contributed by atoms with Gasteiger partial charge in [0.25, 0.3) is 5.56 Å². The molecule has 22 heavy (non-hydrogen) atoms. The predicted molar refractivity (Wildman–Crippen MR) is 88.6 cm³/mol. The van der Waals surface area contributed by atoms with Crippen molar-refractivity contribution in [2.45, 2.75) is 13.5 Å². The molecule has 0 saturated carbocycles. The van der Waals surface area contributed by atoms with Crippen LogP contribution in [0.3, 0.4) is 0 Å². The van der Waals surface area contributed by atoms with E-state index in [1.54, 1.807) is 29.1 Å². The van der Waals surface area contributed by atoms with E-state index >= 15 is 0 Å². The van der Waals surface area contributed by atoms with Gasteiger partial charge >= 0.3 is 0 Å². The van der Waals surface area contributed by atoms with Gasteiger partial charge in [-0.3, -0.25) is 4.79 Å². The topological polar surface area (TPSA) is 44.1 Å². The summed E-state index contributed by atoms with van der Waals surface area (Å²) in [7, 11) is 1.65. The Morgan fingerprint density at radius 1 is 1.23 bits per heavy atom. The number of ether oxygens (including phenoxy) is 1. The highest BCUT2D eigenvalue weighted by Crippen LogP contribution is 2.24. The number of nitrogens with zero attached hydrogens (tertiary/aromatic N) is 2. The molecule has 0 amide bonds. The van der Waals surface area contributed by atoms with E-state index in [4.69, 9.17) is 4.74 Å². The summed E-state index contributed by atoms with van der Waals surface area (Å²) in [5.74, 6) is 0.824. The van der Waals surface area contributed by atoms with Crippen LogP contribution in [0.5, 0.6) is 5.75 Å². The zero-order chi connectivity index (χ0) is 15.5. The average molecular weight is 312 g/mol. The first kappa shape index (κ1) is 14.5. The van der Waals surface area contributed by atoms with Gasteiger partial charge in [-0.25, -0.2) is 4.98 Å². The summed E-state index contributed by atoms with van der Waals surface area (Å²) >= 11 is 1.56. The third-order valence-electron chi connectivity index (χ3n) is 3.39. The second-order valence-corrected chi connectivity index (χ2v) is 5.97. The second kappa shape index (κ2) is 6.15. The number of methoxy groups -OCH3 is 1. The van der Waals surface area contributed by atoms with Crippen LogP contribution in [0, 0.1) is 6.92 Å². The molecule has 0 fully saturated rings. The number of aromatic nitrogens is 2. The first-order valence-corrected chi connectivity index (χ1v) is 7.79. The molecule has 0 aliphatic carbocycles. The molecular formula is C17H16N2O2S. The lowest BCUT2D eigenvalue weighted by atomic mass is 10.2. The fourth-order valence-corrected chi connectivity index (χ4v) is 2.96. The largest absolute Gasteiger partial charge is 0.497 e. The number of hydrogen-bond acceptors (Lipinski definition) is 4. The standard InChI is InChI=1S/C17H16N2O2S/c1-12-7-8-19(17(20)9-12)10-16-18-15(11-22-16)13-3-5-14(21-2)6-4-13/h3-9,11H,10H2,1-2H3. The van der Waals surface area contributed by atoms with Gasteiger partial charge < -0.3 is 9.30 Å². The summed E-state index contributed by atoms with van der Waals surface area (Å²) in [6.07, 6.45) is 1.81. The Kier molecular flexibility index (Phi) is 4.06. The van der Waals surface area contributed by atoms with Gasteiger partial charge in [0.05, 0.1) is 19.3 Å². The third kappa shape index (κ3) is 3.09. The van der Waals surface area contributed by atoms with Crippen molar-refractivity contribution in [3.8, 4) is 17.0 Å². The molecule has 0 bridgehead atoms. The van der Waals surface area contributed by atoms with E-state index in [-0.39, 0.29) is 5.56 Å². The van der Waals surface area contributed by atoms with Crippen LogP contribution in [0.1, 0.15) is 10.6 Å². The van der Waals surface area contributed by atoms with E-state index in [1.165, 1.54) is 0 Å². The Morgan fingerprint density at radius 2 is 2.00 bits per heavy atom. The van der Waals surface area contributed by atoms with Crippen molar-refractivity contribution in [1.82, 2.24) is 9.55 Å². The van der Waals surface area contributed by atoms with Crippen LogP contribution in [-0.4, -0.2) is 16.7 Å². The predicted octanol–water partition coefficient (Wildman–Crippen LogP) is 3.34. The maximum Gasteiger partial charge on any atom is 0.251 e. The van der Waals surface area contributed by atoms with Gasteiger partial charge in [-0.05, 0) is 42.8 Å². The summed E-state index contributed by atoms with van der Waals surface area (Å²) in [5.41, 5.74) is 2.93. The molecule has 1 aromatic carbocycles. The number of rotatable bonds is 4. The highest BCUT2D eigenvalue weighted by molar-refractivity contribution is 7.09. The number of pyridine rings is 1. The van der Waals surface area contributed by atoms with E-state index in [0.717, 1.165) is 27.6 Å². The molecule has 3 rings (SSSR count). The van der Waals surface area contributed by atoms with Crippen LogP contribution in [0.4, 0.5) is 0 Å². The SMILES string of the molecule is COc1ccc(-c2csc(Cn3ccc(C)cc3=O)n2)cc1. The van der Waals surface area contributed by atoms with Crippen LogP contribution in [-0.2, 0) is 6.54 Å². The minimum Gasteiger partial charge on any atom is -0.497 e. The summed E-state index contributed by atoms with van der Waals surface area (Å²) in [4.78, 5) is 16.5. The highest BCUT2D eigenvalue weighted by atomic mass is 32.1. The lowest BCUT2D eigenvalue weighted by Gasteiger charge is -2.03. The normalized spacial score (nSPS) is 10.6. The van der Waals surface area contributed by atoms with Crippen LogP contribution in [0.25, 0.3) is 11.3 Å². The molecular weight excluding hydrogens is 296 g/mol. The quantitative estimate of drug-likeness (QED) is 0.742. The molecule has 0 N–H and O–H groups in total. The van der Waals surface area contributed by atoms with Crippen LogP contribution in [0.2, 0.25) is 0 Å². The molecule has 0 atom stereocenters. The Labute approximate surface area is 132 Å². The molecule has 0 aliphatic rings. The molecule has 0 aliphatic heterocycles. The smallest absolute Gasteiger partial charge is 0.251 e. The molecule has 5 heteroatoms. The van der Waals surface area contributed by atoms with Crippen LogP contribution >= 0.6 is 11.3 Å². The fourth-order valence-electron chi connectivity index (χ4n) is 2.16. The monoisotopic (exact) mass is 312 g/mol. The second-order valence-electron chi connectivity index (χ2n) is 5.03. The maximum absolute atomic E-state index is 11.9. The molecule has 4 nitrogen and oxygen atoms in total. The number of aryl methyl sites for hydroxylation is 1. The van der Waals surface area contributed by atoms with E-state index < -0.39 is 0 Å². The van der Waals surface area contributed by atoms with Gasteiger partial charge in [-0.1, -0.05) is 0 Å². The van der Waals surface area contributed by atoms with Crippen molar-refractivity contribution in [2.24, 2.45) is 0 Å². The van der Waals surface area contributed by atoms with Gasteiger partial charge in [-0.15, -0.1) is 11.3 Å². The van der Waals surface area contributed by atoms with Crippen molar-refractivity contribution in [2.75, 3.05) is 7.11 Å². The van der Waals surface area contributed by atoms with Gasteiger partial charge in [0.15, 0.2) is 0 Å². The Hall–Kier alpha value is -2.40. The van der Waals surface area contributed by atoms with Gasteiger partial charge in [0.2, 0.25) is 0 Å². The molecule has 0 radical (unpaired) electrons. The van der Waals surface area contributed by atoms with Gasteiger partial charge in [0.1, 0.15) is 10.8 Å². The summed E-state index contributed by atoms with van der Waals surface area (Å²) < 4.78 is 6.83. The van der Waals surface area contributed by atoms with Crippen LogP contribution in [0.15, 0.2) is 52.8 Å².